The van der Waals surface area contributed by atoms with Crippen LogP contribution in [0.5, 0.6) is 0 Å². The molecular formula is C14H14F2N2O3. The molecule has 1 aromatic carbocycles. The number of hydrogen-bond acceptors (Lipinski definition) is 3. The van der Waals surface area contributed by atoms with E-state index in [9.17, 15) is 18.4 Å². The molecule has 1 aromatic rings. The lowest BCUT2D eigenvalue weighted by Gasteiger charge is -2.13. The van der Waals surface area contributed by atoms with Crippen molar-refractivity contribution >= 4 is 11.9 Å². The number of nitrogens with one attached hydrogen (secondary N) is 1. The Morgan fingerprint density at radius 2 is 1.90 bits per heavy atom. The van der Waals surface area contributed by atoms with Crippen LogP contribution in [0.1, 0.15) is 24.8 Å². The molecule has 0 saturated carbocycles. The zero-order chi connectivity index (χ0) is 15.8. The Kier molecular flexibility index (Phi) is 6.27. The van der Waals surface area contributed by atoms with Crippen molar-refractivity contribution in [3.63, 3.8) is 0 Å². The second kappa shape index (κ2) is 7.94. The van der Waals surface area contributed by atoms with Gasteiger partial charge < -0.3 is 10.4 Å². The number of carboxylic acids is 1. The topological polar surface area (TPSA) is 90.2 Å². The Balaban J connectivity index is 2.61. The van der Waals surface area contributed by atoms with Crippen LogP contribution < -0.4 is 5.32 Å². The van der Waals surface area contributed by atoms with Crippen molar-refractivity contribution in [1.29, 1.82) is 5.26 Å². The molecule has 2 N–H and O–H groups in total. The number of nitrogens with zero attached hydrogens (tertiary/aromatic N) is 1. The second-order valence-corrected chi connectivity index (χ2v) is 4.46. The molecule has 0 aliphatic carbocycles. The fourth-order valence-corrected chi connectivity index (χ4v) is 1.79. The van der Waals surface area contributed by atoms with Gasteiger partial charge in [0.15, 0.2) is 0 Å². The van der Waals surface area contributed by atoms with Crippen LogP contribution in [0.4, 0.5) is 8.78 Å². The fraction of sp³-hybridized carbons (Fsp3) is 0.357. The van der Waals surface area contributed by atoms with E-state index in [0.29, 0.717) is 12.5 Å². The van der Waals surface area contributed by atoms with Gasteiger partial charge in [-0.25, -0.2) is 13.6 Å². The summed E-state index contributed by atoms with van der Waals surface area (Å²) >= 11 is 0. The number of carboxylic acid groups (broad SMARTS) is 1. The first-order chi connectivity index (χ1) is 9.92. The average molecular weight is 296 g/mol. The minimum atomic E-state index is -1.22. The van der Waals surface area contributed by atoms with E-state index in [1.54, 1.807) is 0 Å². The number of unbranched alkanes of at least 4 members (excludes halogenated alkanes) is 1. The van der Waals surface area contributed by atoms with Crippen LogP contribution in [0, 0.1) is 23.0 Å². The van der Waals surface area contributed by atoms with E-state index in [1.807, 2.05) is 6.07 Å². The van der Waals surface area contributed by atoms with Gasteiger partial charge in [0.05, 0.1) is 12.5 Å². The number of rotatable bonds is 7. The first kappa shape index (κ1) is 16.6. The van der Waals surface area contributed by atoms with Gasteiger partial charge in [-0.3, -0.25) is 4.79 Å². The summed E-state index contributed by atoms with van der Waals surface area (Å²) in [5.74, 6) is -3.47. The second-order valence-electron chi connectivity index (χ2n) is 4.46. The largest absolute Gasteiger partial charge is 0.480 e. The molecule has 0 aliphatic rings. The molecule has 112 valence electrons. The predicted molar refractivity (Wildman–Crippen MR) is 69.1 cm³/mol. The van der Waals surface area contributed by atoms with Crippen LogP contribution >= 0.6 is 0 Å². The normalized spacial score (nSPS) is 11.5. The number of halogens is 2. The van der Waals surface area contributed by atoms with Crippen molar-refractivity contribution in [2.75, 3.05) is 0 Å². The maximum absolute atomic E-state index is 13.0. The van der Waals surface area contributed by atoms with Gasteiger partial charge in [0.1, 0.15) is 17.7 Å². The van der Waals surface area contributed by atoms with Crippen molar-refractivity contribution in [2.24, 2.45) is 0 Å². The standard InChI is InChI=1S/C14H14F2N2O3/c15-10-5-9(6-11(16)8-10)7-13(19)18-12(14(20)21)3-1-2-4-17/h5-6,8,12H,1-3,7H2,(H,18,19)(H,20,21)/t12-/m1/s1. The van der Waals surface area contributed by atoms with Gasteiger partial charge in [0.2, 0.25) is 5.91 Å². The van der Waals surface area contributed by atoms with Gasteiger partial charge in [-0.2, -0.15) is 5.26 Å². The molecule has 0 spiro atoms. The minimum absolute atomic E-state index is 0.117. The van der Waals surface area contributed by atoms with Gasteiger partial charge in [0, 0.05) is 12.5 Å². The Morgan fingerprint density at radius 1 is 1.29 bits per heavy atom. The molecule has 0 aliphatic heterocycles. The molecule has 1 atom stereocenters. The summed E-state index contributed by atoms with van der Waals surface area (Å²) in [5, 5.41) is 19.6. The third kappa shape index (κ3) is 5.99. The molecule has 1 rings (SSSR count). The van der Waals surface area contributed by atoms with Crippen LogP contribution in [-0.4, -0.2) is 23.0 Å². The van der Waals surface area contributed by atoms with E-state index in [0.717, 1.165) is 12.1 Å². The van der Waals surface area contributed by atoms with Crippen molar-refractivity contribution in [3.8, 4) is 6.07 Å². The lowest BCUT2D eigenvalue weighted by molar-refractivity contribution is -0.141. The predicted octanol–water partition coefficient (Wildman–Crippen LogP) is 1.77. The number of aliphatic carboxylic acids is 1. The van der Waals surface area contributed by atoms with Gasteiger partial charge in [-0.05, 0) is 30.5 Å². The summed E-state index contributed by atoms with van der Waals surface area (Å²) in [6.07, 6.45) is 0.319. The number of hydrogen-bond donors (Lipinski definition) is 2. The summed E-state index contributed by atoms with van der Waals surface area (Å²) < 4.78 is 26.0. The van der Waals surface area contributed by atoms with Crippen molar-refractivity contribution in [2.45, 2.75) is 31.7 Å². The molecule has 0 aromatic heterocycles. The number of nitriles is 1. The summed E-state index contributed by atoms with van der Waals surface area (Å²) in [6, 6.07) is 3.46. The van der Waals surface area contributed by atoms with Gasteiger partial charge in [-0.1, -0.05) is 0 Å². The van der Waals surface area contributed by atoms with E-state index in [-0.39, 0.29) is 24.8 Å². The van der Waals surface area contributed by atoms with Crippen LogP contribution in [0.15, 0.2) is 18.2 Å². The third-order valence-corrected chi connectivity index (χ3v) is 2.70. The first-order valence-corrected chi connectivity index (χ1v) is 6.26. The van der Waals surface area contributed by atoms with Crippen molar-refractivity contribution in [3.05, 3.63) is 35.4 Å². The summed E-state index contributed by atoms with van der Waals surface area (Å²) in [7, 11) is 0. The monoisotopic (exact) mass is 296 g/mol. The molecule has 0 heterocycles. The summed E-state index contributed by atoms with van der Waals surface area (Å²) in [6.45, 7) is 0. The molecule has 0 unspecified atom stereocenters. The average Bonchev–Trinajstić information content (AvgIpc) is 2.36. The lowest BCUT2D eigenvalue weighted by Crippen LogP contribution is -2.41. The smallest absolute Gasteiger partial charge is 0.326 e. The molecule has 7 heteroatoms. The highest BCUT2D eigenvalue weighted by molar-refractivity contribution is 5.84. The highest BCUT2D eigenvalue weighted by Gasteiger charge is 2.19. The molecule has 0 fully saturated rings. The van der Waals surface area contributed by atoms with E-state index >= 15 is 0 Å². The number of amides is 1. The van der Waals surface area contributed by atoms with Gasteiger partial charge >= 0.3 is 5.97 Å². The number of carbonyl (C=O) groups excluding carboxylic acids is 1. The Hall–Kier alpha value is -2.49. The zero-order valence-corrected chi connectivity index (χ0v) is 11.1. The first-order valence-electron chi connectivity index (χ1n) is 6.26. The molecular weight excluding hydrogens is 282 g/mol. The highest BCUT2D eigenvalue weighted by Crippen LogP contribution is 2.09. The minimum Gasteiger partial charge on any atom is -0.480 e. The zero-order valence-electron chi connectivity index (χ0n) is 11.1. The molecule has 21 heavy (non-hydrogen) atoms. The number of carbonyl (C=O) groups is 2. The van der Waals surface area contributed by atoms with E-state index in [2.05, 4.69) is 5.32 Å². The highest BCUT2D eigenvalue weighted by atomic mass is 19.1. The quantitative estimate of drug-likeness (QED) is 0.750. The van der Waals surface area contributed by atoms with Gasteiger partial charge in [0.25, 0.3) is 0 Å². The Labute approximate surface area is 120 Å². The molecule has 0 saturated heterocycles. The van der Waals surface area contributed by atoms with Crippen LogP contribution in [0.3, 0.4) is 0 Å². The van der Waals surface area contributed by atoms with Crippen LogP contribution in [0.2, 0.25) is 0 Å². The van der Waals surface area contributed by atoms with Crippen LogP contribution in [-0.2, 0) is 16.0 Å². The van der Waals surface area contributed by atoms with E-state index < -0.39 is 29.6 Å². The maximum Gasteiger partial charge on any atom is 0.326 e. The lowest BCUT2D eigenvalue weighted by atomic mass is 10.1. The molecule has 0 bridgehead atoms. The fourth-order valence-electron chi connectivity index (χ4n) is 1.79. The summed E-state index contributed by atoms with van der Waals surface area (Å²) in [4.78, 5) is 22.7. The maximum atomic E-state index is 13.0. The summed E-state index contributed by atoms with van der Waals surface area (Å²) in [5.41, 5.74) is 0.117. The van der Waals surface area contributed by atoms with E-state index in [4.69, 9.17) is 10.4 Å². The number of benzene rings is 1. The van der Waals surface area contributed by atoms with Gasteiger partial charge in [-0.15, -0.1) is 0 Å². The SMILES string of the molecule is N#CCCC[C@@H](NC(=O)Cc1cc(F)cc(F)c1)C(=O)O. The van der Waals surface area contributed by atoms with E-state index in [1.165, 1.54) is 0 Å². The van der Waals surface area contributed by atoms with Crippen LogP contribution in [0.25, 0.3) is 0 Å². The molecule has 1 amide bonds. The third-order valence-electron chi connectivity index (χ3n) is 2.70. The van der Waals surface area contributed by atoms with Crippen molar-refractivity contribution < 1.29 is 23.5 Å². The Bertz CT molecular complexity index is 550. The Morgan fingerprint density at radius 3 is 2.43 bits per heavy atom. The molecule has 0 radical (unpaired) electrons. The molecule has 5 nitrogen and oxygen atoms in total. The van der Waals surface area contributed by atoms with Crippen molar-refractivity contribution in [1.82, 2.24) is 5.32 Å².